The Kier molecular flexibility index (Phi) is 13.8. The van der Waals surface area contributed by atoms with Crippen LogP contribution in [0.2, 0.25) is 0 Å². The van der Waals surface area contributed by atoms with Gasteiger partial charge in [-0.15, -0.1) is 0 Å². The van der Waals surface area contributed by atoms with E-state index in [1.165, 1.54) is 13.8 Å². The number of hydrogen-bond acceptors (Lipinski definition) is 12. The number of cyclic esters (lactones) is 1. The van der Waals surface area contributed by atoms with Crippen molar-refractivity contribution >= 4 is 40.6 Å². The van der Waals surface area contributed by atoms with E-state index in [0.717, 1.165) is 23.4 Å². The molecule has 3 saturated heterocycles. The normalized spacial score (nSPS) is 37.9. The zero-order valence-electron chi connectivity index (χ0n) is 36.6. The monoisotopic (exact) mass is 825 g/mol. The maximum atomic E-state index is 17.0. The highest BCUT2D eigenvalue weighted by Crippen LogP contribution is 2.41. The average molecular weight is 826 g/mol. The molecule has 0 bridgehead atoms. The van der Waals surface area contributed by atoms with Gasteiger partial charge < -0.3 is 34.1 Å². The number of Topliss-reactive ketones (excluding diaryl/α,β-unsaturated/α-hetero) is 2. The number of rotatable bonds is 8. The molecule has 326 valence electrons. The second kappa shape index (κ2) is 17.6. The molecule has 2 aromatic rings. The molecule has 13 nitrogen and oxygen atoms in total. The predicted molar refractivity (Wildman–Crippen MR) is 220 cm³/mol. The summed E-state index contributed by atoms with van der Waals surface area (Å²) in [6, 6.07) is 8.31. The van der Waals surface area contributed by atoms with Crippen LogP contribution in [0.15, 0.2) is 42.6 Å². The molecule has 3 fully saturated rings. The van der Waals surface area contributed by atoms with Gasteiger partial charge in [-0.05, 0) is 92.5 Å². The summed E-state index contributed by atoms with van der Waals surface area (Å²) in [5.41, 5.74) is -5.02. The predicted octanol–water partition coefficient (Wildman–Crippen LogP) is 6.37. The number of para-hydroxylation sites is 1. The van der Waals surface area contributed by atoms with Gasteiger partial charge in [-0.3, -0.25) is 19.5 Å². The maximum absolute atomic E-state index is 17.0. The lowest BCUT2D eigenvalue weighted by atomic mass is 9.73. The number of halogens is 1. The third-order valence-corrected chi connectivity index (χ3v) is 12.8. The van der Waals surface area contributed by atoms with Crippen molar-refractivity contribution in [1.82, 2.24) is 15.2 Å². The second-order valence-electron chi connectivity index (χ2n) is 18.4. The average Bonchev–Trinajstić information content (AvgIpc) is 3.50. The smallest absolute Gasteiger partial charge is 0.408 e. The van der Waals surface area contributed by atoms with Crippen molar-refractivity contribution in [2.45, 2.75) is 161 Å². The summed E-state index contributed by atoms with van der Waals surface area (Å²) in [4.78, 5) is 62.2. The van der Waals surface area contributed by atoms with Gasteiger partial charge in [0.15, 0.2) is 17.7 Å². The van der Waals surface area contributed by atoms with Crippen molar-refractivity contribution in [3.05, 3.63) is 48.2 Å². The van der Waals surface area contributed by atoms with Crippen molar-refractivity contribution in [3.63, 3.8) is 0 Å². The number of esters is 1. The van der Waals surface area contributed by atoms with Crippen molar-refractivity contribution in [3.8, 4) is 0 Å². The van der Waals surface area contributed by atoms with E-state index in [-0.39, 0.29) is 36.9 Å². The fourth-order valence-electron chi connectivity index (χ4n) is 9.10. The van der Waals surface area contributed by atoms with Crippen LogP contribution >= 0.6 is 0 Å². The first kappa shape index (κ1) is 46.2. The van der Waals surface area contributed by atoms with Gasteiger partial charge in [0, 0.05) is 40.9 Å². The van der Waals surface area contributed by atoms with Gasteiger partial charge in [-0.1, -0.05) is 58.0 Å². The van der Waals surface area contributed by atoms with E-state index in [0.29, 0.717) is 6.42 Å². The number of aliphatic hydroxyl groups is 1. The van der Waals surface area contributed by atoms with E-state index >= 15 is 4.39 Å². The Bertz CT molecular complexity index is 1900. The minimum Gasteiger partial charge on any atom is -0.455 e. The number of carbonyl (C=O) groups excluding carboxylic acids is 4. The summed E-state index contributed by atoms with van der Waals surface area (Å²) in [6.07, 6.45) is -0.475. The molecule has 0 unspecified atom stereocenters. The highest BCUT2D eigenvalue weighted by atomic mass is 19.1. The molecule has 13 atom stereocenters. The van der Waals surface area contributed by atoms with Gasteiger partial charge in [0.05, 0.1) is 36.0 Å². The van der Waals surface area contributed by atoms with Crippen LogP contribution < -0.4 is 5.32 Å². The van der Waals surface area contributed by atoms with Crippen molar-refractivity contribution in [1.29, 1.82) is 0 Å². The zero-order chi connectivity index (χ0) is 43.8. The number of likely N-dealkylation sites (N-methyl/N-ethyl adjacent to an activating group) is 1. The molecule has 4 heterocycles. The van der Waals surface area contributed by atoms with E-state index in [2.05, 4.69) is 10.3 Å². The number of benzene rings is 1. The topological polar surface area (TPSA) is 163 Å². The number of aliphatic hydroxyl groups excluding tert-OH is 1. The lowest BCUT2D eigenvalue weighted by Gasteiger charge is -2.49. The first-order valence-electron chi connectivity index (χ1n) is 20.8. The minimum atomic E-state index is -3.20. The Hall–Kier alpha value is -3.82. The van der Waals surface area contributed by atoms with E-state index in [9.17, 15) is 24.3 Å². The molecule has 59 heavy (non-hydrogen) atoms. The van der Waals surface area contributed by atoms with Crippen molar-refractivity contribution in [2.24, 2.45) is 17.8 Å². The summed E-state index contributed by atoms with van der Waals surface area (Å²) >= 11 is 0. The molecule has 5 rings (SSSR count). The number of ketones is 2. The lowest BCUT2D eigenvalue weighted by molar-refractivity contribution is -0.299. The number of amides is 1. The number of nitrogens with zero attached hydrogens (tertiary/aromatic N) is 2. The van der Waals surface area contributed by atoms with E-state index in [1.54, 1.807) is 40.0 Å². The fourth-order valence-corrected chi connectivity index (χ4v) is 9.10. The van der Waals surface area contributed by atoms with E-state index in [1.807, 2.05) is 76.1 Å². The highest BCUT2D eigenvalue weighted by molar-refractivity contribution is 6.08. The molecule has 0 saturated carbocycles. The number of fused-ring (bicyclic) bond motifs is 2. The Morgan fingerprint density at radius 3 is 2.41 bits per heavy atom. The largest absolute Gasteiger partial charge is 0.455 e. The van der Waals surface area contributed by atoms with E-state index in [4.69, 9.17) is 23.7 Å². The van der Waals surface area contributed by atoms with Crippen LogP contribution in [0.5, 0.6) is 0 Å². The number of hydrogen-bond donors (Lipinski definition) is 2. The Morgan fingerprint density at radius 2 is 1.75 bits per heavy atom. The number of nitrogens with one attached hydrogen (secondary N) is 1. The molecule has 0 radical (unpaired) electrons. The lowest BCUT2D eigenvalue weighted by Crippen LogP contribution is -2.63. The first-order valence-corrected chi connectivity index (χ1v) is 20.8. The van der Waals surface area contributed by atoms with Crippen LogP contribution in [-0.2, 0) is 38.1 Å². The van der Waals surface area contributed by atoms with Gasteiger partial charge in [0.2, 0.25) is 0 Å². The number of aromatic nitrogens is 1. The minimum absolute atomic E-state index is 0.0435. The Labute approximate surface area is 347 Å². The van der Waals surface area contributed by atoms with Crippen LogP contribution in [0.4, 0.5) is 9.18 Å². The van der Waals surface area contributed by atoms with Gasteiger partial charge in [-0.25, -0.2) is 14.0 Å². The Balaban J connectivity index is 1.60. The number of carbonyl (C=O) groups is 4. The first-order chi connectivity index (χ1) is 27.4. The molecule has 0 spiro atoms. The SMILES string of the molecule is CC[C@H]1OC(=O)[C@@](C)(F)C(=O)[C@H](C)[C@@H](O[C@@H]2O[C@H](C)C[C@H](N(C)C(C)(C)C)[C@H]2O)[C@](C)(OC/C=C/c2cnc3ccccc3c2)C[C@@H](C)C(=O)[C@H](C)[C@H]2NC(=O)O[C@@]21C. The standard InChI is InChI=1S/C45H64FN3O10/c1-13-33-45(11)36(48-41(54)59-45)27(4)34(50)25(2)23-43(9,55-20-16-17-29-22-30-18-14-15-19-31(30)47-24-29)38(28(5)37(52)44(10,46)40(53)57-33)58-39-35(51)32(21-26(3)56-39)49(12)42(6,7)8/h14-19,22,24-28,32-33,35-36,38-39,51H,13,20-21,23H2,1-12H3,(H,48,54)/b17-16+/t25-,26-,27+,28+,32+,33-,35-,36-,38-,39+,43-,44+,45-/m1/s1. The fraction of sp³-hybridized carbons (Fsp3) is 0.667. The second-order valence-corrected chi connectivity index (χ2v) is 18.4. The summed E-state index contributed by atoms with van der Waals surface area (Å²) in [5.74, 6) is -5.96. The summed E-state index contributed by atoms with van der Waals surface area (Å²) in [6.45, 7) is 18.4. The van der Waals surface area contributed by atoms with Gasteiger partial charge >= 0.3 is 12.1 Å². The van der Waals surface area contributed by atoms with Crippen LogP contribution in [0.1, 0.15) is 101 Å². The molecular weight excluding hydrogens is 762 g/mol. The molecule has 2 N–H and O–H groups in total. The van der Waals surface area contributed by atoms with Crippen LogP contribution in [0.3, 0.4) is 0 Å². The van der Waals surface area contributed by atoms with Crippen LogP contribution in [-0.4, -0.2) is 117 Å². The maximum Gasteiger partial charge on any atom is 0.408 e. The zero-order valence-corrected chi connectivity index (χ0v) is 36.6. The third kappa shape index (κ3) is 9.57. The van der Waals surface area contributed by atoms with Crippen LogP contribution in [0, 0.1) is 17.8 Å². The highest BCUT2D eigenvalue weighted by Gasteiger charge is 2.59. The molecule has 3 aliphatic heterocycles. The number of alkyl halides is 1. The summed E-state index contributed by atoms with van der Waals surface area (Å²) < 4.78 is 48.1. The molecular formula is C45H64FN3O10. The van der Waals surface area contributed by atoms with Gasteiger partial charge in [0.25, 0.3) is 5.67 Å². The van der Waals surface area contributed by atoms with Crippen LogP contribution in [0.25, 0.3) is 17.0 Å². The molecule has 1 aromatic heterocycles. The number of ether oxygens (including phenoxy) is 5. The Morgan fingerprint density at radius 1 is 1.07 bits per heavy atom. The molecule has 0 aliphatic carbocycles. The third-order valence-electron chi connectivity index (χ3n) is 12.8. The summed E-state index contributed by atoms with van der Waals surface area (Å²) in [7, 11) is 1.91. The number of alkyl carbamates (subject to hydrolysis) is 1. The molecule has 1 aromatic carbocycles. The molecule has 14 heteroatoms. The van der Waals surface area contributed by atoms with Crippen molar-refractivity contribution < 1.29 is 52.4 Å². The van der Waals surface area contributed by atoms with E-state index < -0.39 is 89.2 Å². The number of pyridine rings is 1. The van der Waals surface area contributed by atoms with Crippen molar-refractivity contribution in [2.75, 3.05) is 13.7 Å². The molecule has 3 aliphatic rings. The van der Waals surface area contributed by atoms with Gasteiger partial charge in [0.1, 0.15) is 18.0 Å². The summed E-state index contributed by atoms with van der Waals surface area (Å²) in [5, 5.41) is 15.6. The van der Waals surface area contributed by atoms with Gasteiger partial charge in [-0.2, -0.15) is 0 Å². The molecule has 1 amide bonds. The quantitative estimate of drug-likeness (QED) is 0.224.